The molecule has 0 fully saturated rings. The summed E-state index contributed by atoms with van der Waals surface area (Å²) in [4.78, 5) is 14.2. The molecule has 0 aromatic heterocycles. The van der Waals surface area contributed by atoms with Gasteiger partial charge in [-0.2, -0.15) is 0 Å². The van der Waals surface area contributed by atoms with Gasteiger partial charge in [-0.05, 0) is 57.4 Å². The van der Waals surface area contributed by atoms with Crippen LogP contribution in [0, 0.1) is 5.82 Å². The number of hydrogen-bond donors (Lipinski definition) is 1. The van der Waals surface area contributed by atoms with Crippen molar-refractivity contribution in [3.8, 4) is 0 Å². The molecule has 102 valence electrons. The highest BCUT2D eigenvalue weighted by molar-refractivity contribution is 9.10. The van der Waals surface area contributed by atoms with E-state index >= 15 is 0 Å². The summed E-state index contributed by atoms with van der Waals surface area (Å²) in [6.45, 7) is 1.03. The maximum atomic E-state index is 13.3. The molecule has 20 heavy (non-hydrogen) atoms. The van der Waals surface area contributed by atoms with Crippen molar-refractivity contribution in [3.05, 3.63) is 63.4 Å². The number of fused-ring (bicyclic) bond motifs is 1. The minimum atomic E-state index is -0.419. The molecule has 3 rings (SSSR count). The third-order valence-electron chi connectivity index (χ3n) is 3.40. The first-order valence-electron chi connectivity index (χ1n) is 6.16. The topological polar surface area (TPSA) is 46.3 Å². The van der Waals surface area contributed by atoms with Crippen LogP contribution in [0.3, 0.4) is 0 Å². The summed E-state index contributed by atoms with van der Waals surface area (Å²) in [5, 5.41) is 0. The van der Waals surface area contributed by atoms with Crippen LogP contribution in [-0.4, -0.2) is 10.8 Å². The fraction of sp³-hybridized carbons (Fsp3) is 0.133. The van der Waals surface area contributed by atoms with Crippen molar-refractivity contribution in [1.82, 2.24) is 4.90 Å². The maximum Gasteiger partial charge on any atom is 0.255 e. The first-order chi connectivity index (χ1) is 9.54. The number of benzene rings is 2. The lowest BCUT2D eigenvalue weighted by atomic mass is 10.1. The van der Waals surface area contributed by atoms with Crippen molar-refractivity contribution in [2.24, 2.45) is 0 Å². The zero-order chi connectivity index (χ0) is 14.3. The van der Waals surface area contributed by atoms with E-state index in [0.717, 1.165) is 11.1 Å². The van der Waals surface area contributed by atoms with E-state index in [2.05, 4.69) is 15.9 Å². The highest BCUT2D eigenvalue weighted by Crippen LogP contribution is 2.28. The van der Waals surface area contributed by atoms with E-state index < -0.39 is 5.82 Å². The quantitative estimate of drug-likeness (QED) is 0.813. The lowest BCUT2D eigenvalue weighted by molar-refractivity contribution is 0.0750. The Morgan fingerprint density at radius 3 is 2.70 bits per heavy atom. The lowest BCUT2D eigenvalue weighted by Crippen LogP contribution is -2.25. The van der Waals surface area contributed by atoms with Crippen LogP contribution in [0.4, 0.5) is 10.1 Å². The second-order valence-electron chi connectivity index (χ2n) is 4.81. The van der Waals surface area contributed by atoms with E-state index in [1.807, 2.05) is 18.2 Å². The summed E-state index contributed by atoms with van der Waals surface area (Å²) in [5.41, 5.74) is 8.90. The van der Waals surface area contributed by atoms with Gasteiger partial charge in [-0.1, -0.05) is 6.07 Å². The number of nitrogens with two attached hydrogens (primary N) is 1. The van der Waals surface area contributed by atoms with Gasteiger partial charge in [-0.15, -0.1) is 0 Å². The van der Waals surface area contributed by atoms with Gasteiger partial charge in [0.25, 0.3) is 5.91 Å². The van der Waals surface area contributed by atoms with Gasteiger partial charge in [0.15, 0.2) is 0 Å². The van der Waals surface area contributed by atoms with Gasteiger partial charge in [0.2, 0.25) is 0 Å². The van der Waals surface area contributed by atoms with Crippen molar-refractivity contribution in [2.45, 2.75) is 13.1 Å². The standard InChI is InChI=1S/C15H12BrFN2O/c16-14-4-2-11(17)6-13(14)15(20)19-7-9-1-3-12(18)5-10(9)8-19/h1-6H,7-8,18H2. The number of carbonyl (C=O) groups excluding carboxylic acids is 1. The van der Waals surface area contributed by atoms with Crippen molar-refractivity contribution in [1.29, 1.82) is 0 Å². The van der Waals surface area contributed by atoms with Crippen LogP contribution >= 0.6 is 15.9 Å². The SMILES string of the molecule is Nc1ccc2c(c1)CN(C(=O)c1cc(F)ccc1Br)C2. The minimum absolute atomic E-state index is 0.189. The highest BCUT2D eigenvalue weighted by atomic mass is 79.9. The molecule has 1 aliphatic rings. The van der Waals surface area contributed by atoms with Gasteiger partial charge in [0.1, 0.15) is 5.82 Å². The maximum absolute atomic E-state index is 13.3. The summed E-state index contributed by atoms with van der Waals surface area (Å²) in [6, 6.07) is 9.75. The van der Waals surface area contributed by atoms with Gasteiger partial charge in [-0.25, -0.2) is 4.39 Å². The Morgan fingerprint density at radius 2 is 1.90 bits per heavy atom. The number of nitrogens with zero attached hydrogens (tertiary/aromatic N) is 1. The Balaban J connectivity index is 1.89. The Kier molecular flexibility index (Phi) is 3.22. The second-order valence-corrected chi connectivity index (χ2v) is 5.67. The summed E-state index contributed by atoms with van der Waals surface area (Å²) >= 11 is 3.29. The summed E-state index contributed by atoms with van der Waals surface area (Å²) < 4.78 is 13.9. The van der Waals surface area contributed by atoms with Crippen molar-refractivity contribution >= 4 is 27.5 Å². The Morgan fingerprint density at radius 1 is 1.15 bits per heavy atom. The molecule has 2 aromatic carbocycles. The molecule has 3 nitrogen and oxygen atoms in total. The van der Waals surface area contributed by atoms with Gasteiger partial charge in [0.05, 0.1) is 5.56 Å². The fourth-order valence-electron chi connectivity index (χ4n) is 2.39. The van der Waals surface area contributed by atoms with Crippen LogP contribution in [0.1, 0.15) is 21.5 Å². The summed E-state index contributed by atoms with van der Waals surface area (Å²) in [7, 11) is 0. The monoisotopic (exact) mass is 334 g/mol. The van der Waals surface area contributed by atoms with Crippen molar-refractivity contribution in [3.63, 3.8) is 0 Å². The molecular weight excluding hydrogens is 323 g/mol. The van der Waals surface area contributed by atoms with Crippen molar-refractivity contribution in [2.75, 3.05) is 5.73 Å². The van der Waals surface area contributed by atoms with E-state index in [1.54, 1.807) is 11.0 Å². The molecule has 0 unspecified atom stereocenters. The Labute approximate surface area is 124 Å². The third-order valence-corrected chi connectivity index (χ3v) is 4.09. The van der Waals surface area contributed by atoms with E-state index in [4.69, 9.17) is 5.73 Å². The Bertz CT molecular complexity index is 702. The van der Waals surface area contributed by atoms with E-state index in [0.29, 0.717) is 28.8 Å². The summed E-state index contributed by atoms with van der Waals surface area (Å²) in [5.74, 6) is -0.608. The number of rotatable bonds is 1. The normalized spacial score (nSPS) is 13.4. The fourth-order valence-corrected chi connectivity index (χ4v) is 2.81. The number of amides is 1. The number of halogens is 2. The molecule has 0 aliphatic carbocycles. The van der Waals surface area contributed by atoms with E-state index in [1.165, 1.54) is 12.1 Å². The zero-order valence-electron chi connectivity index (χ0n) is 10.6. The largest absolute Gasteiger partial charge is 0.399 e. The van der Waals surface area contributed by atoms with Crippen LogP contribution < -0.4 is 5.73 Å². The molecule has 5 heteroatoms. The molecule has 0 spiro atoms. The number of hydrogen-bond acceptors (Lipinski definition) is 2. The molecule has 2 aromatic rings. The second kappa shape index (κ2) is 4.90. The molecule has 0 saturated heterocycles. The molecule has 1 heterocycles. The van der Waals surface area contributed by atoms with E-state index in [-0.39, 0.29) is 5.91 Å². The van der Waals surface area contributed by atoms with Gasteiger partial charge < -0.3 is 10.6 Å². The predicted octanol–water partition coefficient (Wildman–Crippen LogP) is 3.33. The van der Waals surface area contributed by atoms with Crippen LogP contribution in [0.15, 0.2) is 40.9 Å². The number of carbonyl (C=O) groups is 1. The van der Waals surface area contributed by atoms with Crippen LogP contribution in [0.25, 0.3) is 0 Å². The molecule has 0 saturated carbocycles. The van der Waals surface area contributed by atoms with Crippen molar-refractivity contribution < 1.29 is 9.18 Å². The third kappa shape index (κ3) is 2.29. The van der Waals surface area contributed by atoms with E-state index in [9.17, 15) is 9.18 Å². The molecule has 1 aliphatic heterocycles. The molecule has 0 bridgehead atoms. The van der Waals surface area contributed by atoms with Crippen LogP contribution in [0.2, 0.25) is 0 Å². The molecule has 0 radical (unpaired) electrons. The van der Waals surface area contributed by atoms with Gasteiger partial charge in [0, 0.05) is 23.2 Å². The van der Waals surface area contributed by atoms with Crippen LogP contribution in [-0.2, 0) is 13.1 Å². The molecule has 0 atom stereocenters. The summed E-state index contributed by atoms with van der Waals surface area (Å²) in [6.07, 6.45) is 0. The van der Waals surface area contributed by atoms with Gasteiger partial charge >= 0.3 is 0 Å². The number of nitrogen functional groups attached to an aromatic ring is 1. The Hall–Kier alpha value is -1.88. The molecular formula is C15H12BrFN2O. The van der Waals surface area contributed by atoms with Crippen LogP contribution in [0.5, 0.6) is 0 Å². The smallest absolute Gasteiger partial charge is 0.255 e. The first-order valence-corrected chi connectivity index (χ1v) is 6.95. The highest BCUT2D eigenvalue weighted by Gasteiger charge is 2.25. The lowest BCUT2D eigenvalue weighted by Gasteiger charge is -2.16. The molecule has 2 N–H and O–H groups in total. The minimum Gasteiger partial charge on any atom is -0.399 e. The average molecular weight is 335 g/mol. The zero-order valence-corrected chi connectivity index (χ0v) is 12.2. The predicted molar refractivity (Wildman–Crippen MR) is 78.5 cm³/mol. The molecule has 1 amide bonds. The van der Waals surface area contributed by atoms with Gasteiger partial charge in [-0.3, -0.25) is 4.79 Å². The number of anilines is 1. The first kappa shape index (κ1) is 13.1. The average Bonchev–Trinajstić information content (AvgIpc) is 2.83.